The maximum atomic E-state index is 14.9. The molecule has 4 aromatic rings. The number of ether oxygens (including phenoxy) is 1. The van der Waals surface area contributed by atoms with Crippen LogP contribution in [0, 0.1) is 5.82 Å². The van der Waals surface area contributed by atoms with E-state index >= 15 is 0 Å². The molecule has 2 aromatic heterocycles. The van der Waals surface area contributed by atoms with Gasteiger partial charge in [-0.05, 0) is 60.7 Å². The van der Waals surface area contributed by atoms with Gasteiger partial charge in [0.2, 0.25) is 5.91 Å². The lowest BCUT2D eigenvalue weighted by molar-refractivity contribution is -0.115. The van der Waals surface area contributed by atoms with Gasteiger partial charge in [0, 0.05) is 36.3 Å². The second kappa shape index (κ2) is 10.4. The van der Waals surface area contributed by atoms with E-state index in [9.17, 15) is 9.18 Å². The Bertz CT molecular complexity index is 1440. The molecule has 5 rings (SSSR count). The van der Waals surface area contributed by atoms with E-state index in [-0.39, 0.29) is 23.8 Å². The van der Waals surface area contributed by atoms with Crippen molar-refractivity contribution in [2.45, 2.75) is 25.4 Å². The lowest BCUT2D eigenvalue weighted by Gasteiger charge is -2.29. The smallest absolute Gasteiger partial charge is 0.224 e. The summed E-state index contributed by atoms with van der Waals surface area (Å²) in [6.07, 6.45) is 3.93. The van der Waals surface area contributed by atoms with Crippen LogP contribution >= 0.6 is 12.2 Å². The minimum atomic E-state index is -0.363. The second-order valence-electron chi connectivity index (χ2n) is 8.54. The first-order valence-corrected chi connectivity index (χ1v) is 12.3. The summed E-state index contributed by atoms with van der Waals surface area (Å²) in [6, 6.07) is 21.1. The second-order valence-corrected chi connectivity index (χ2v) is 8.92. The highest BCUT2D eigenvalue weighted by molar-refractivity contribution is 7.80. The number of carbonyl (C=O) groups is 1. The van der Waals surface area contributed by atoms with Crippen LogP contribution in [-0.2, 0) is 4.79 Å². The summed E-state index contributed by atoms with van der Waals surface area (Å²) in [5.41, 5.74) is 3.40. The molecule has 1 amide bonds. The molecule has 2 aromatic carbocycles. The molecule has 1 aliphatic rings. The molecule has 0 spiro atoms. The fourth-order valence-electron chi connectivity index (χ4n) is 4.61. The Morgan fingerprint density at radius 2 is 1.95 bits per heavy atom. The van der Waals surface area contributed by atoms with Crippen molar-refractivity contribution in [1.82, 2.24) is 14.9 Å². The summed E-state index contributed by atoms with van der Waals surface area (Å²) in [6.45, 7) is 1.79. The van der Waals surface area contributed by atoms with Gasteiger partial charge in [0.15, 0.2) is 5.11 Å². The topological polar surface area (TPSA) is 71.4 Å². The molecule has 188 valence electrons. The number of halogens is 1. The number of para-hydroxylation sites is 1. The van der Waals surface area contributed by atoms with Crippen molar-refractivity contribution in [3.63, 3.8) is 0 Å². The quantitative estimate of drug-likeness (QED) is 0.315. The number of hydrogen-bond acceptors (Lipinski definition) is 4. The number of thiocarbonyl (C=S) groups is 1. The van der Waals surface area contributed by atoms with Crippen molar-refractivity contribution < 1.29 is 13.9 Å². The lowest BCUT2D eigenvalue weighted by Crippen LogP contribution is -2.30. The van der Waals surface area contributed by atoms with E-state index in [1.54, 1.807) is 38.4 Å². The van der Waals surface area contributed by atoms with Crippen LogP contribution in [0.3, 0.4) is 0 Å². The third kappa shape index (κ3) is 4.65. The first-order valence-electron chi connectivity index (χ1n) is 11.9. The Balaban J connectivity index is 1.64. The molecular formula is C28H26FN5O2S. The van der Waals surface area contributed by atoms with E-state index in [0.29, 0.717) is 28.7 Å². The summed E-state index contributed by atoms with van der Waals surface area (Å²) in [4.78, 5) is 18.6. The predicted octanol–water partition coefficient (Wildman–Crippen LogP) is 5.55. The number of carbonyl (C=O) groups excluding carboxylic acids is 1. The van der Waals surface area contributed by atoms with Crippen LogP contribution in [0.1, 0.15) is 36.8 Å². The molecule has 1 aliphatic heterocycles. The largest absolute Gasteiger partial charge is 0.494 e. The number of benzene rings is 2. The zero-order chi connectivity index (χ0) is 25.9. The molecule has 3 heterocycles. The van der Waals surface area contributed by atoms with Crippen molar-refractivity contribution in [3.8, 4) is 11.4 Å². The van der Waals surface area contributed by atoms with E-state index in [1.807, 2.05) is 64.2 Å². The first-order chi connectivity index (χ1) is 18.0. The fraction of sp³-hybridized carbons (Fsp3) is 0.179. The average molecular weight is 516 g/mol. The number of nitrogens with zero attached hydrogens (tertiary/aromatic N) is 3. The van der Waals surface area contributed by atoms with Crippen LogP contribution in [0.5, 0.6) is 5.75 Å². The molecular weight excluding hydrogens is 489 g/mol. The Kier molecular flexibility index (Phi) is 6.87. The van der Waals surface area contributed by atoms with Gasteiger partial charge in [-0.3, -0.25) is 9.78 Å². The van der Waals surface area contributed by atoms with Crippen molar-refractivity contribution in [3.05, 3.63) is 102 Å². The first kappa shape index (κ1) is 24.5. The molecule has 2 N–H and O–H groups in total. The molecule has 0 saturated carbocycles. The number of anilines is 2. The number of pyridine rings is 1. The van der Waals surface area contributed by atoms with Gasteiger partial charge in [-0.1, -0.05) is 25.1 Å². The summed E-state index contributed by atoms with van der Waals surface area (Å²) >= 11 is 5.83. The molecule has 1 fully saturated rings. The predicted molar refractivity (Wildman–Crippen MR) is 146 cm³/mol. The summed E-state index contributed by atoms with van der Waals surface area (Å²) in [5, 5.41) is 6.78. The van der Waals surface area contributed by atoms with Gasteiger partial charge in [0.1, 0.15) is 17.6 Å². The SMILES string of the molecule is CCC(=O)Nc1ccc(N2C(=S)N[C@H](c3ccccn3)[C@@H]2c2cccn2-c2ccccc2F)cc1OC. The van der Waals surface area contributed by atoms with Crippen LogP contribution in [0.4, 0.5) is 15.8 Å². The minimum absolute atomic E-state index is 0.111. The van der Waals surface area contributed by atoms with Gasteiger partial charge in [0.25, 0.3) is 0 Å². The number of hydrogen-bond donors (Lipinski definition) is 2. The van der Waals surface area contributed by atoms with E-state index in [2.05, 4.69) is 15.6 Å². The zero-order valence-electron chi connectivity index (χ0n) is 20.4. The lowest BCUT2D eigenvalue weighted by atomic mass is 10.0. The van der Waals surface area contributed by atoms with E-state index in [1.165, 1.54) is 6.07 Å². The summed E-state index contributed by atoms with van der Waals surface area (Å²) < 4.78 is 22.3. The van der Waals surface area contributed by atoms with Crippen LogP contribution in [0.25, 0.3) is 5.69 Å². The van der Waals surface area contributed by atoms with Crippen molar-refractivity contribution >= 4 is 34.6 Å². The highest BCUT2D eigenvalue weighted by atomic mass is 32.1. The number of aromatic nitrogens is 2. The van der Waals surface area contributed by atoms with Gasteiger partial charge in [0.05, 0.1) is 30.2 Å². The van der Waals surface area contributed by atoms with Crippen molar-refractivity contribution in [2.75, 3.05) is 17.3 Å². The highest BCUT2D eigenvalue weighted by Gasteiger charge is 2.42. The number of rotatable bonds is 7. The third-order valence-corrected chi connectivity index (χ3v) is 6.67. The molecule has 0 radical (unpaired) electrons. The zero-order valence-corrected chi connectivity index (χ0v) is 21.2. The van der Waals surface area contributed by atoms with Gasteiger partial charge in [-0.15, -0.1) is 0 Å². The summed E-state index contributed by atoms with van der Waals surface area (Å²) in [7, 11) is 1.55. The highest BCUT2D eigenvalue weighted by Crippen LogP contribution is 2.44. The van der Waals surface area contributed by atoms with Gasteiger partial charge in [-0.25, -0.2) is 4.39 Å². The number of amides is 1. The minimum Gasteiger partial charge on any atom is -0.494 e. The van der Waals surface area contributed by atoms with E-state index < -0.39 is 0 Å². The summed E-state index contributed by atoms with van der Waals surface area (Å²) in [5.74, 6) is 0.0685. The molecule has 2 atom stereocenters. The Morgan fingerprint density at radius 1 is 1.14 bits per heavy atom. The molecule has 0 bridgehead atoms. The molecule has 0 unspecified atom stereocenters. The molecule has 9 heteroatoms. The molecule has 37 heavy (non-hydrogen) atoms. The van der Waals surface area contributed by atoms with Gasteiger partial charge in [-0.2, -0.15) is 0 Å². The standard InChI is InChI=1S/C28H26FN5O2S/c1-3-25(35)31-20-14-13-18(17-24(20)36-2)34-27(26(32-28(34)37)21-10-6-7-15-30-21)23-12-8-16-33(23)22-11-5-4-9-19(22)29/h4-17,26-27H,3H2,1-2H3,(H,31,35)(H,32,37)/t26-,27+/m1/s1. The van der Waals surface area contributed by atoms with Crippen LogP contribution in [0.2, 0.25) is 0 Å². The van der Waals surface area contributed by atoms with Crippen LogP contribution in [-0.4, -0.2) is 27.7 Å². The van der Waals surface area contributed by atoms with Crippen LogP contribution in [0.15, 0.2) is 85.2 Å². The Hall–Kier alpha value is -4.24. The van der Waals surface area contributed by atoms with Crippen molar-refractivity contribution in [1.29, 1.82) is 0 Å². The average Bonchev–Trinajstić information content (AvgIpc) is 3.53. The molecule has 1 saturated heterocycles. The van der Waals surface area contributed by atoms with Gasteiger partial charge < -0.3 is 24.8 Å². The molecule has 0 aliphatic carbocycles. The normalized spacial score (nSPS) is 16.9. The Labute approximate surface area is 219 Å². The molecule has 7 nitrogen and oxygen atoms in total. The van der Waals surface area contributed by atoms with E-state index in [0.717, 1.165) is 17.1 Å². The van der Waals surface area contributed by atoms with Gasteiger partial charge >= 0.3 is 0 Å². The number of nitrogens with one attached hydrogen (secondary N) is 2. The van der Waals surface area contributed by atoms with E-state index in [4.69, 9.17) is 17.0 Å². The fourth-order valence-corrected chi connectivity index (χ4v) is 4.95. The van der Waals surface area contributed by atoms with Crippen LogP contribution < -0.4 is 20.3 Å². The monoisotopic (exact) mass is 515 g/mol. The Morgan fingerprint density at radius 3 is 2.68 bits per heavy atom. The third-order valence-electron chi connectivity index (χ3n) is 6.35. The van der Waals surface area contributed by atoms with Crippen molar-refractivity contribution in [2.24, 2.45) is 0 Å². The maximum Gasteiger partial charge on any atom is 0.224 e. The number of methoxy groups -OCH3 is 1. The maximum absolute atomic E-state index is 14.9.